The summed E-state index contributed by atoms with van der Waals surface area (Å²) in [7, 11) is 3.37. The van der Waals surface area contributed by atoms with Crippen molar-refractivity contribution in [3.05, 3.63) is 63.5 Å². The number of rotatable bonds is 5. The smallest absolute Gasteiger partial charge is 0.329 e. The SMILES string of the molecule is COc1ccc(Cn2c(C(=O)N3CCCCC3C)c(-c3cccs3)n(C)c2=O)cc1. The molecule has 0 radical (unpaired) electrons. The second-order valence-electron chi connectivity index (χ2n) is 7.79. The lowest BCUT2D eigenvalue weighted by Crippen LogP contribution is -2.43. The van der Waals surface area contributed by atoms with Crippen LogP contribution in [0.3, 0.4) is 0 Å². The van der Waals surface area contributed by atoms with Crippen molar-refractivity contribution >= 4 is 17.2 Å². The number of likely N-dealkylation sites (tertiary alicyclic amines) is 1. The van der Waals surface area contributed by atoms with Gasteiger partial charge in [-0.1, -0.05) is 18.2 Å². The highest BCUT2D eigenvalue weighted by atomic mass is 32.1. The van der Waals surface area contributed by atoms with Gasteiger partial charge in [-0.25, -0.2) is 4.79 Å². The number of aromatic nitrogens is 2. The van der Waals surface area contributed by atoms with E-state index >= 15 is 0 Å². The van der Waals surface area contributed by atoms with E-state index in [9.17, 15) is 9.59 Å². The van der Waals surface area contributed by atoms with E-state index in [0.29, 0.717) is 17.9 Å². The third kappa shape index (κ3) is 3.69. The summed E-state index contributed by atoms with van der Waals surface area (Å²) in [6.07, 6.45) is 3.13. The van der Waals surface area contributed by atoms with Crippen LogP contribution in [-0.2, 0) is 13.6 Å². The van der Waals surface area contributed by atoms with Gasteiger partial charge in [-0.2, -0.15) is 0 Å². The second-order valence-corrected chi connectivity index (χ2v) is 8.74. The Morgan fingerprint density at radius 3 is 2.60 bits per heavy atom. The third-order valence-corrected chi connectivity index (χ3v) is 6.74. The summed E-state index contributed by atoms with van der Waals surface area (Å²) in [5.74, 6) is 0.702. The minimum Gasteiger partial charge on any atom is -0.497 e. The molecule has 1 aliphatic rings. The molecule has 0 bridgehead atoms. The van der Waals surface area contributed by atoms with Crippen molar-refractivity contribution in [3.8, 4) is 16.3 Å². The summed E-state index contributed by atoms with van der Waals surface area (Å²) in [6, 6.07) is 11.7. The number of benzene rings is 1. The molecule has 0 saturated carbocycles. The van der Waals surface area contributed by atoms with E-state index in [-0.39, 0.29) is 17.6 Å². The van der Waals surface area contributed by atoms with Crippen LogP contribution in [0.5, 0.6) is 5.75 Å². The molecular formula is C23H27N3O3S. The Hall–Kier alpha value is -2.80. The van der Waals surface area contributed by atoms with Crippen LogP contribution in [0.2, 0.25) is 0 Å². The van der Waals surface area contributed by atoms with Crippen molar-refractivity contribution in [3.63, 3.8) is 0 Å². The van der Waals surface area contributed by atoms with E-state index in [0.717, 1.165) is 42.0 Å². The van der Waals surface area contributed by atoms with Crippen molar-refractivity contribution in [1.29, 1.82) is 0 Å². The van der Waals surface area contributed by atoms with E-state index in [2.05, 4.69) is 6.92 Å². The van der Waals surface area contributed by atoms with E-state index in [1.807, 2.05) is 46.7 Å². The zero-order valence-electron chi connectivity index (χ0n) is 17.6. The first-order valence-corrected chi connectivity index (χ1v) is 11.2. The predicted molar refractivity (Wildman–Crippen MR) is 119 cm³/mol. The maximum absolute atomic E-state index is 13.7. The molecule has 1 amide bonds. The lowest BCUT2D eigenvalue weighted by atomic mass is 10.0. The summed E-state index contributed by atoms with van der Waals surface area (Å²) < 4.78 is 8.47. The van der Waals surface area contributed by atoms with Crippen molar-refractivity contribution < 1.29 is 9.53 Å². The lowest BCUT2D eigenvalue weighted by molar-refractivity contribution is 0.0625. The molecule has 30 heavy (non-hydrogen) atoms. The fourth-order valence-electron chi connectivity index (χ4n) is 4.17. The summed E-state index contributed by atoms with van der Waals surface area (Å²) in [4.78, 5) is 29.8. The standard InChI is InChI=1S/C23H27N3O3S/c1-16-7-4-5-13-25(16)22(27)21-20(19-8-6-14-30-19)24(2)23(28)26(21)15-17-9-11-18(29-3)12-10-17/h6,8-12,14,16H,4-5,7,13,15H2,1-3H3. The average molecular weight is 426 g/mol. The van der Waals surface area contributed by atoms with Gasteiger partial charge in [-0.05, 0) is 55.3 Å². The summed E-state index contributed by atoms with van der Waals surface area (Å²) in [5, 5.41) is 1.97. The summed E-state index contributed by atoms with van der Waals surface area (Å²) in [6.45, 7) is 3.16. The fourth-order valence-corrected chi connectivity index (χ4v) is 4.97. The highest BCUT2D eigenvalue weighted by Gasteiger charge is 2.32. The molecule has 7 heteroatoms. The van der Waals surface area contributed by atoms with E-state index < -0.39 is 0 Å². The Morgan fingerprint density at radius 2 is 1.97 bits per heavy atom. The van der Waals surface area contributed by atoms with Crippen molar-refractivity contribution in [2.45, 2.75) is 38.8 Å². The van der Waals surface area contributed by atoms with Gasteiger partial charge >= 0.3 is 5.69 Å². The van der Waals surface area contributed by atoms with Crippen molar-refractivity contribution in [2.75, 3.05) is 13.7 Å². The van der Waals surface area contributed by atoms with Gasteiger partial charge in [-0.15, -0.1) is 11.3 Å². The van der Waals surface area contributed by atoms with Crippen LogP contribution in [0.4, 0.5) is 0 Å². The normalized spacial score (nSPS) is 16.6. The Labute approximate surface area is 180 Å². The van der Waals surface area contributed by atoms with Gasteiger partial charge in [0.25, 0.3) is 5.91 Å². The van der Waals surface area contributed by atoms with Crippen LogP contribution >= 0.6 is 11.3 Å². The molecule has 3 heterocycles. The molecule has 3 aromatic rings. The fraction of sp³-hybridized carbons (Fsp3) is 0.391. The predicted octanol–water partition coefficient (Wildman–Crippen LogP) is 3.99. The van der Waals surface area contributed by atoms with Crippen LogP contribution in [-0.4, -0.2) is 39.6 Å². The van der Waals surface area contributed by atoms with Gasteiger partial charge < -0.3 is 9.64 Å². The lowest BCUT2D eigenvalue weighted by Gasteiger charge is -2.33. The number of imidazole rings is 1. The van der Waals surface area contributed by atoms with E-state index in [1.165, 1.54) is 0 Å². The number of hydrogen-bond donors (Lipinski definition) is 0. The minimum atomic E-state index is -0.178. The topological polar surface area (TPSA) is 56.5 Å². The molecule has 0 aliphatic carbocycles. The number of ether oxygens (including phenoxy) is 1. The Morgan fingerprint density at radius 1 is 1.20 bits per heavy atom. The number of methoxy groups -OCH3 is 1. The van der Waals surface area contributed by atoms with Crippen molar-refractivity contribution in [2.24, 2.45) is 7.05 Å². The molecule has 1 aliphatic heterocycles. The summed E-state index contributed by atoms with van der Waals surface area (Å²) in [5.41, 5.74) is 1.95. The Kier molecular flexibility index (Phi) is 5.81. The zero-order chi connectivity index (χ0) is 21.3. The molecule has 1 unspecified atom stereocenters. The molecule has 4 rings (SSSR count). The number of carbonyl (C=O) groups is 1. The van der Waals surface area contributed by atoms with Gasteiger partial charge in [0.05, 0.1) is 24.2 Å². The van der Waals surface area contributed by atoms with Crippen molar-refractivity contribution in [1.82, 2.24) is 14.0 Å². The van der Waals surface area contributed by atoms with Crippen LogP contribution < -0.4 is 10.4 Å². The first-order chi connectivity index (χ1) is 14.5. The highest BCUT2D eigenvalue weighted by Crippen LogP contribution is 2.30. The molecule has 2 aromatic heterocycles. The number of piperidine rings is 1. The van der Waals surface area contributed by atoms with Crippen LogP contribution in [0.25, 0.3) is 10.6 Å². The van der Waals surface area contributed by atoms with Gasteiger partial charge in [0.2, 0.25) is 0 Å². The molecule has 6 nitrogen and oxygen atoms in total. The maximum Gasteiger partial charge on any atom is 0.329 e. The molecule has 0 N–H and O–H groups in total. The number of nitrogens with zero attached hydrogens (tertiary/aromatic N) is 3. The van der Waals surface area contributed by atoms with Crippen LogP contribution in [0.1, 0.15) is 42.2 Å². The molecule has 1 atom stereocenters. The maximum atomic E-state index is 13.7. The average Bonchev–Trinajstić information content (AvgIpc) is 3.37. The second kappa shape index (κ2) is 8.52. The molecule has 1 saturated heterocycles. The monoisotopic (exact) mass is 425 g/mol. The number of thiophene rings is 1. The van der Waals surface area contributed by atoms with Gasteiger partial charge in [0, 0.05) is 19.6 Å². The van der Waals surface area contributed by atoms with E-state index in [4.69, 9.17) is 4.74 Å². The van der Waals surface area contributed by atoms with Gasteiger partial charge in [0.15, 0.2) is 0 Å². The minimum absolute atomic E-state index is 0.0585. The zero-order valence-corrected chi connectivity index (χ0v) is 18.4. The number of carbonyl (C=O) groups excluding carboxylic acids is 1. The van der Waals surface area contributed by atoms with Gasteiger partial charge in [-0.3, -0.25) is 13.9 Å². The molecule has 1 fully saturated rings. The molecular weight excluding hydrogens is 398 g/mol. The Bertz CT molecular complexity index is 1080. The molecule has 1 aromatic carbocycles. The number of hydrogen-bond acceptors (Lipinski definition) is 4. The third-order valence-electron chi connectivity index (χ3n) is 5.87. The van der Waals surface area contributed by atoms with Crippen LogP contribution in [0.15, 0.2) is 46.6 Å². The van der Waals surface area contributed by atoms with Crippen LogP contribution in [0, 0.1) is 0 Å². The first kappa shape index (κ1) is 20.5. The largest absolute Gasteiger partial charge is 0.497 e. The summed E-state index contributed by atoms with van der Waals surface area (Å²) >= 11 is 1.54. The quantitative estimate of drug-likeness (QED) is 0.621. The first-order valence-electron chi connectivity index (χ1n) is 10.3. The Balaban J connectivity index is 1.83. The molecule has 0 spiro atoms. The van der Waals surface area contributed by atoms with Gasteiger partial charge in [0.1, 0.15) is 11.4 Å². The highest BCUT2D eigenvalue weighted by molar-refractivity contribution is 7.13. The van der Waals surface area contributed by atoms with E-state index in [1.54, 1.807) is 34.6 Å². The molecule has 158 valence electrons. The number of amides is 1.